The topological polar surface area (TPSA) is 62.7 Å². The van der Waals surface area contributed by atoms with E-state index >= 15 is 0 Å². The Balaban J connectivity index is 2.15. The van der Waals surface area contributed by atoms with Crippen molar-refractivity contribution in [2.75, 3.05) is 17.2 Å². The second-order valence-electron chi connectivity index (χ2n) is 5.34. The van der Waals surface area contributed by atoms with Crippen molar-refractivity contribution in [2.45, 2.75) is 27.7 Å². The molecule has 0 atom stereocenters. The molecule has 2 aromatic rings. The first-order valence-corrected chi connectivity index (χ1v) is 6.82. The highest BCUT2D eigenvalue weighted by molar-refractivity contribution is 5.54. The van der Waals surface area contributed by atoms with Crippen LogP contribution in [0.3, 0.4) is 0 Å². The third-order valence-electron chi connectivity index (χ3n) is 2.69. The molecule has 2 N–H and O–H groups in total. The molecule has 0 unspecified atom stereocenters. The number of hydrogen-bond donors (Lipinski definition) is 2. The van der Waals surface area contributed by atoms with Crippen LogP contribution in [0.2, 0.25) is 0 Å². The van der Waals surface area contributed by atoms with Crippen LogP contribution in [-0.4, -0.2) is 21.5 Å². The Hall–Kier alpha value is -2.17. The zero-order valence-electron chi connectivity index (χ0n) is 12.4. The van der Waals surface area contributed by atoms with Crippen LogP contribution in [0.5, 0.6) is 0 Å². The van der Waals surface area contributed by atoms with Gasteiger partial charge in [0.05, 0.1) is 0 Å². The lowest BCUT2D eigenvalue weighted by atomic mass is 10.2. The largest absolute Gasteiger partial charge is 0.354 e. The van der Waals surface area contributed by atoms with Crippen molar-refractivity contribution < 1.29 is 0 Å². The van der Waals surface area contributed by atoms with Gasteiger partial charge >= 0.3 is 0 Å². The third-order valence-corrected chi connectivity index (χ3v) is 2.69. The predicted octanol–water partition coefficient (Wildman–Crippen LogP) is 3.30. The number of anilines is 3. The van der Waals surface area contributed by atoms with Crippen molar-refractivity contribution in [3.05, 3.63) is 35.7 Å². The maximum atomic E-state index is 4.46. The lowest BCUT2D eigenvalue weighted by Crippen LogP contribution is -2.11. The maximum Gasteiger partial charge on any atom is 0.224 e. The number of pyridine rings is 1. The predicted molar refractivity (Wildman–Crippen MR) is 82.4 cm³/mol. The Kier molecular flexibility index (Phi) is 4.50. The van der Waals surface area contributed by atoms with Gasteiger partial charge in [0.2, 0.25) is 5.95 Å². The number of aryl methyl sites for hydroxylation is 2. The first-order chi connectivity index (χ1) is 9.52. The van der Waals surface area contributed by atoms with E-state index in [1.54, 1.807) is 6.20 Å². The number of rotatable bonds is 5. The van der Waals surface area contributed by atoms with Gasteiger partial charge in [-0.1, -0.05) is 13.8 Å². The van der Waals surface area contributed by atoms with Gasteiger partial charge in [0.1, 0.15) is 11.6 Å². The van der Waals surface area contributed by atoms with Crippen LogP contribution in [0, 0.1) is 19.8 Å². The van der Waals surface area contributed by atoms with Crippen LogP contribution in [0.1, 0.15) is 25.1 Å². The van der Waals surface area contributed by atoms with Gasteiger partial charge in [0.15, 0.2) is 0 Å². The van der Waals surface area contributed by atoms with E-state index in [4.69, 9.17) is 0 Å². The minimum absolute atomic E-state index is 0.550. The summed E-state index contributed by atoms with van der Waals surface area (Å²) < 4.78 is 0. The van der Waals surface area contributed by atoms with Gasteiger partial charge in [-0.3, -0.25) is 0 Å². The van der Waals surface area contributed by atoms with Gasteiger partial charge in [0, 0.05) is 24.5 Å². The standard InChI is InChI=1S/C15H21N5/c1-10(2)9-17-15-18-12(4)8-14(20-15)19-13-7-11(3)5-6-16-13/h5-8,10H,9H2,1-4H3,(H2,16,17,18,19,20). The van der Waals surface area contributed by atoms with Crippen molar-refractivity contribution >= 4 is 17.6 Å². The summed E-state index contributed by atoms with van der Waals surface area (Å²) in [5, 5.41) is 6.45. The molecule has 5 heteroatoms. The molecule has 0 radical (unpaired) electrons. The smallest absolute Gasteiger partial charge is 0.224 e. The Labute approximate surface area is 119 Å². The molecule has 0 aromatic carbocycles. The normalized spacial score (nSPS) is 10.7. The molecule has 106 valence electrons. The number of aromatic nitrogens is 3. The van der Waals surface area contributed by atoms with Crippen LogP contribution in [-0.2, 0) is 0 Å². The summed E-state index contributed by atoms with van der Waals surface area (Å²) >= 11 is 0. The molecule has 0 amide bonds. The van der Waals surface area contributed by atoms with E-state index in [2.05, 4.69) is 39.4 Å². The summed E-state index contributed by atoms with van der Waals surface area (Å²) in [6, 6.07) is 5.86. The molecule has 2 heterocycles. The highest BCUT2D eigenvalue weighted by Crippen LogP contribution is 2.15. The fourth-order valence-electron chi connectivity index (χ4n) is 1.74. The number of hydrogen-bond acceptors (Lipinski definition) is 5. The van der Waals surface area contributed by atoms with E-state index in [1.807, 2.05) is 32.0 Å². The molecule has 5 nitrogen and oxygen atoms in total. The van der Waals surface area contributed by atoms with Crippen LogP contribution < -0.4 is 10.6 Å². The molecule has 20 heavy (non-hydrogen) atoms. The summed E-state index contributed by atoms with van der Waals surface area (Å²) in [7, 11) is 0. The molecule has 0 fully saturated rings. The minimum Gasteiger partial charge on any atom is -0.354 e. The maximum absolute atomic E-state index is 4.46. The molecule has 0 aliphatic carbocycles. The number of nitrogens with zero attached hydrogens (tertiary/aromatic N) is 3. The zero-order chi connectivity index (χ0) is 14.5. The SMILES string of the molecule is Cc1ccnc(Nc2cc(C)nc(NCC(C)C)n2)c1. The van der Waals surface area contributed by atoms with Crippen LogP contribution >= 0.6 is 0 Å². The molecule has 0 saturated carbocycles. The van der Waals surface area contributed by atoms with E-state index in [0.29, 0.717) is 11.9 Å². The monoisotopic (exact) mass is 271 g/mol. The zero-order valence-corrected chi connectivity index (χ0v) is 12.4. The van der Waals surface area contributed by atoms with Crippen LogP contribution in [0.25, 0.3) is 0 Å². The number of nitrogens with one attached hydrogen (secondary N) is 2. The van der Waals surface area contributed by atoms with Crippen molar-refractivity contribution in [3.8, 4) is 0 Å². The highest BCUT2D eigenvalue weighted by atomic mass is 15.2. The minimum atomic E-state index is 0.550. The molecule has 0 saturated heterocycles. The molecule has 0 bridgehead atoms. The van der Waals surface area contributed by atoms with Gasteiger partial charge in [-0.2, -0.15) is 4.98 Å². The van der Waals surface area contributed by atoms with Crippen molar-refractivity contribution in [1.29, 1.82) is 0 Å². The molecule has 2 rings (SSSR count). The second kappa shape index (κ2) is 6.32. The first-order valence-electron chi connectivity index (χ1n) is 6.82. The lowest BCUT2D eigenvalue weighted by molar-refractivity contribution is 0.684. The van der Waals surface area contributed by atoms with Gasteiger partial charge in [-0.15, -0.1) is 0 Å². The molecular weight excluding hydrogens is 250 g/mol. The van der Waals surface area contributed by atoms with Gasteiger partial charge < -0.3 is 10.6 Å². The lowest BCUT2D eigenvalue weighted by Gasteiger charge is -2.11. The molecular formula is C15H21N5. The second-order valence-corrected chi connectivity index (χ2v) is 5.34. The van der Waals surface area contributed by atoms with E-state index in [9.17, 15) is 0 Å². The van der Waals surface area contributed by atoms with Crippen molar-refractivity contribution in [3.63, 3.8) is 0 Å². The Morgan fingerprint density at radius 3 is 2.60 bits per heavy atom. The summed E-state index contributed by atoms with van der Waals surface area (Å²) in [6.45, 7) is 9.15. The fraction of sp³-hybridized carbons (Fsp3) is 0.400. The van der Waals surface area contributed by atoms with Gasteiger partial charge in [-0.05, 0) is 37.5 Å². The average Bonchev–Trinajstić information content (AvgIpc) is 2.35. The van der Waals surface area contributed by atoms with E-state index < -0.39 is 0 Å². The summed E-state index contributed by atoms with van der Waals surface area (Å²) in [5.74, 6) is 2.74. The highest BCUT2D eigenvalue weighted by Gasteiger charge is 2.04. The van der Waals surface area contributed by atoms with Crippen LogP contribution in [0.15, 0.2) is 24.4 Å². The van der Waals surface area contributed by atoms with E-state index in [1.165, 1.54) is 0 Å². The van der Waals surface area contributed by atoms with Crippen molar-refractivity contribution in [1.82, 2.24) is 15.0 Å². The Morgan fingerprint density at radius 2 is 1.90 bits per heavy atom. The van der Waals surface area contributed by atoms with Crippen molar-refractivity contribution in [2.24, 2.45) is 5.92 Å². The molecule has 0 aliphatic heterocycles. The molecule has 2 aromatic heterocycles. The van der Waals surface area contributed by atoms with E-state index in [0.717, 1.165) is 29.4 Å². The Morgan fingerprint density at radius 1 is 1.10 bits per heavy atom. The van der Waals surface area contributed by atoms with Gasteiger partial charge in [0.25, 0.3) is 0 Å². The molecule has 0 spiro atoms. The first kappa shape index (κ1) is 14.2. The van der Waals surface area contributed by atoms with Gasteiger partial charge in [-0.25, -0.2) is 9.97 Å². The molecule has 0 aliphatic rings. The fourth-order valence-corrected chi connectivity index (χ4v) is 1.74. The Bertz CT molecular complexity index is 580. The summed E-state index contributed by atoms with van der Waals surface area (Å²) in [4.78, 5) is 13.1. The third kappa shape index (κ3) is 4.19. The average molecular weight is 271 g/mol. The van der Waals surface area contributed by atoms with Crippen LogP contribution in [0.4, 0.5) is 17.6 Å². The quantitative estimate of drug-likeness (QED) is 0.873. The summed E-state index contributed by atoms with van der Waals surface area (Å²) in [5.41, 5.74) is 2.08. The summed E-state index contributed by atoms with van der Waals surface area (Å²) in [6.07, 6.45) is 1.78. The van der Waals surface area contributed by atoms with E-state index in [-0.39, 0.29) is 0 Å².